The molecular formula is C10H10BrN3O. The Balaban J connectivity index is 2.63. The molecule has 0 aliphatic rings. The largest absolute Gasteiger partial charge is 0.383 e. The van der Waals surface area contributed by atoms with Crippen molar-refractivity contribution < 1.29 is 4.74 Å². The number of ether oxygens (including phenoxy) is 1. The number of rotatable bonds is 2. The van der Waals surface area contributed by atoms with Gasteiger partial charge in [0.1, 0.15) is 12.4 Å². The summed E-state index contributed by atoms with van der Waals surface area (Å²) in [5.41, 5.74) is 6.64. The molecule has 0 unspecified atom stereocenters. The predicted molar refractivity (Wildman–Crippen MR) is 62.4 cm³/mol. The molecule has 0 amide bonds. The third-order valence-electron chi connectivity index (χ3n) is 2.01. The molecule has 0 aliphatic carbocycles. The first-order valence-corrected chi connectivity index (χ1v) is 5.20. The molecule has 15 heavy (non-hydrogen) atoms. The second-order valence-corrected chi connectivity index (χ2v) is 4.04. The SMILES string of the molecule is COCc1nc(N)c2ccc(Br)cc2n1. The van der Waals surface area contributed by atoms with E-state index >= 15 is 0 Å². The Morgan fingerprint density at radius 1 is 1.40 bits per heavy atom. The topological polar surface area (TPSA) is 61.0 Å². The average molecular weight is 268 g/mol. The Labute approximate surface area is 95.6 Å². The standard InChI is InChI=1S/C10H10BrN3O/c1-15-5-9-13-8-4-6(11)2-3-7(8)10(12)14-9/h2-4H,5H2,1H3,(H2,12,13,14). The van der Waals surface area contributed by atoms with Crippen LogP contribution in [0.15, 0.2) is 22.7 Å². The molecule has 1 aromatic heterocycles. The van der Waals surface area contributed by atoms with Crippen LogP contribution < -0.4 is 5.73 Å². The minimum absolute atomic E-state index is 0.368. The average Bonchev–Trinajstić information content (AvgIpc) is 2.17. The summed E-state index contributed by atoms with van der Waals surface area (Å²) in [4.78, 5) is 8.49. The highest BCUT2D eigenvalue weighted by atomic mass is 79.9. The van der Waals surface area contributed by atoms with Gasteiger partial charge in [-0.05, 0) is 18.2 Å². The molecule has 0 fully saturated rings. The maximum Gasteiger partial charge on any atom is 0.157 e. The van der Waals surface area contributed by atoms with Crippen LogP contribution in [0.25, 0.3) is 10.9 Å². The normalized spacial score (nSPS) is 10.8. The van der Waals surface area contributed by atoms with Gasteiger partial charge in [0.15, 0.2) is 5.82 Å². The van der Waals surface area contributed by atoms with Crippen molar-refractivity contribution in [1.82, 2.24) is 9.97 Å². The molecule has 0 spiro atoms. The van der Waals surface area contributed by atoms with Gasteiger partial charge >= 0.3 is 0 Å². The Hall–Kier alpha value is -1.20. The highest BCUT2D eigenvalue weighted by Crippen LogP contribution is 2.21. The molecule has 2 rings (SSSR count). The van der Waals surface area contributed by atoms with Crippen LogP contribution in [0.1, 0.15) is 5.82 Å². The van der Waals surface area contributed by atoms with Crippen molar-refractivity contribution in [3.05, 3.63) is 28.5 Å². The molecule has 1 heterocycles. The van der Waals surface area contributed by atoms with Crippen molar-refractivity contribution in [2.45, 2.75) is 6.61 Å². The molecule has 0 bridgehead atoms. The summed E-state index contributed by atoms with van der Waals surface area (Å²) >= 11 is 3.39. The Morgan fingerprint density at radius 3 is 2.93 bits per heavy atom. The molecule has 0 aliphatic heterocycles. The van der Waals surface area contributed by atoms with Gasteiger partial charge in [-0.15, -0.1) is 0 Å². The molecule has 4 nitrogen and oxygen atoms in total. The van der Waals surface area contributed by atoms with E-state index in [9.17, 15) is 0 Å². The lowest BCUT2D eigenvalue weighted by Crippen LogP contribution is -2.01. The van der Waals surface area contributed by atoms with Gasteiger partial charge in [-0.25, -0.2) is 9.97 Å². The van der Waals surface area contributed by atoms with Gasteiger partial charge in [0.2, 0.25) is 0 Å². The van der Waals surface area contributed by atoms with Crippen LogP contribution in [-0.4, -0.2) is 17.1 Å². The van der Waals surface area contributed by atoms with Crippen LogP contribution in [0.3, 0.4) is 0 Å². The van der Waals surface area contributed by atoms with E-state index in [-0.39, 0.29) is 0 Å². The van der Waals surface area contributed by atoms with E-state index in [1.165, 1.54) is 0 Å². The van der Waals surface area contributed by atoms with E-state index in [2.05, 4.69) is 25.9 Å². The van der Waals surface area contributed by atoms with Crippen LogP contribution >= 0.6 is 15.9 Å². The highest BCUT2D eigenvalue weighted by Gasteiger charge is 2.04. The van der Waals surface area contributed by atoms with Crippen LogP contribution in [0, 0.1) is 0 Å². The number of nitrogens with zero attached hydrogens (tertiary/aromatic N) is 2. The number of aromatic nitrogens is 2. The second-order valence-electron chi connectivity index (χ2n) is 3.12. The summed E-state index contributed by atoms with van der Waals surface area (Å²) in [6.45, 7) is 0.368. The molecular weight excluding hydrogens is 258 g/mol. The Morgan fingerprint density at radius 2 is 2.20 bits per heavy atom. The number of nitrogen functional groups attached to an aromatic ring is 1. The molecule has 2 aromatic rings. The van der Waals surface area contributed by atoms with Crippen LogP contribution in [0.2, 0.25) is 0 Å². The van der Waals surface area contributed by atoms with Crippen LogP contribution in [0.4, 0.5) is 5.82 Å². The van der Waals surface area contributed by atoms with Gasteiger partial charge in [-0.1, -0.05) is 15.9 Å². The lowest BCUT2D eigenvalue weighted by atomic mass is 10.2. The molecule has 0 radical (unpaired) electrons. The van der Waals surface area contributed by atoms with Crippen molar-refractivity contribution in [3.8, 4) is 0 Å². The minimum atomic E-state index is 0.368. The third kappa shape index (κ3) is 2.08. The zero-order chi connectivity index (χ0) is 10.8. The van der Waals surface area contributed by atoms with E-state index in [0.717, 1.165) is 15.4 Å². The maximum absolute atomic E-state index is 5.82. The number of hydrogen-bond donors (Lipinski definition) is 1. The van der Waals surface area contributed by atoms with Crippen molar-refractivity contribution in [1.29, 1.82) is 0 Å². The molecule has 0 atom stereocenters. The van der Waals surface area contributed by atoms with E-state index in [0.29, 0.717) is 18.2 Å². The van der Waals surface area contributed by atoms with E-state index in [1.54, 1.807) is 7.11 Å². The summed E-state index contributed by atoms with van der Waals surface area (Å²) in [7, 11) is 1.60. The van der Waals surface area contributed by atoms with Gasteiger partial charge in [0.05, 0.1) is 5.52 Å². The van der Waals surface area contributed by atoms with Gasteiger partial charge in [0.25, 0.3) is 0 Å². The lowest BCUT2D eigenvalue weighted by Gasteiger charge is -2.04. The number of methoxy groups -OCH3 is 1. The molecule has 0 saturated heterocycles. The zero-order valence-electron chi connectivity index (χ0n) is 8.20. The summed E-state index contributed by atoms with van der Waals surface area (Å²) in [6.07, 6.45) is 0. The third-order valence-corrected chi connectivity index (χ3v) is 2.50. The number of anilines is 1. The highest BCUT2D eigenvalue weighted by molar-refractivity contribution is 9.10. The number of fused-ring (bicyclic) bond motifs is 1. The van der Waals surface area contributed by atoms with E-state index in [1.807, 2.05) is 18.2 Å². The van der Waals surface area contributed by atoms with Crippen molar-refractivity contribution >= 4 is 32.7 Å². The summed E-state index contributed by atoms with van der Waals surface area (Å²) in [5, 5.41) is 0.859. The van der Waals surface area contributed by atoms with Gasteiger partial charge in [0, 0.05) is 17.0 Å². The first-order valence-electron chi connectivity index (χ1n) is 4.41. The van der Waals surface area contributed by atoms with Gasteiger partial charge in [-0.3, -0.25) is 0 Å². The predicted octanol–water partition coefficient (Wildman–Crippen LogP) is 2.12. The van der Waals surface area contributed by atoms with E-state index in [4.69, 9.17) is 10.5 Å². The van der Waals surface area contributed by atoms with Crippen LogP contribution in [0.5, 0.6) is 0 Å². The van der Waals surface area contributed by atoms with E-state index < -0.39 is 0 Å². The number of nitrogens with two attached hydrogens (primary N) is 1. The second kappa shape index (κ2) is 4.12. The van der Waals surface area contributed by atoms with Crippen LogP contribution in [-0.2, 0) is 11.3 Å². The first kappa shape index (κ1) is 10.3. The van der Waals surface area contributed by atoms with Crippen molar-refractivity contribution in [2.24, 2.45) is 0 Å². The number of hydrogen-bond acceptors (Lipinski definition) is 4. The van der Waals surface area contributed by atoms with Crippen molar-refractivity contribution in [3.63, 3.8) is 0 Å². The molecule has 5 heteroatoms. The van der Waals surface area contributed by atoms with Gasteiger partial charge < -0.3 is 10.5 Å². The van der Waals surface area contributed by atoms with Gasteiger partial charge in [-0.2, -0.15) is 0 Å². The zero-order valence-corrected chi connectivity index (χ0v) is 9.78. The Kier molecular flexibility index (Phi) is 2.83. The van der Waals surface area contributed by atoms with Crippen molar-refractivity contribution in [2.75, 3.05) is 12.8 Å². The number of halogens is 1. The fraction of sp³-hybridized carbons (Fsp3) is 0.200. The molecule has 0 saturated carbocycles. The first-order chi connectivity index (χ1) is 7.20. The lowest BCUT2D eigenvalue weighted by molar-refractivity contribution is 0.178. The summed E-state index contributed by atoms with van der Waals surface area (Å²) < 4.78 is 5.94. The maximum atomic E-state index is 5.82. The Bertz CT molecular complexity index is 501. The number of benzene rings is 1. The monoisotopic (exact) mass is 267 g/mol. The fourth-order valence-corrected chi connectivity index (χ4v) is 1.72. The summed E-state index contributed by atoms with van der Waals surface area (Å²) in [5.74, 6) is 1.08. The minimum Gasteiger partial charge on any atom is -0.383 e. The molecule has 2 N–H and O–H groups in total. The fourth-order valence-electron chi connectivity index (χ4n) is 1.37. The summed E-state index contributed by atoms with van der Waals surface area (Å²) in [6, 6.07) is 5.72. The molecule has 78 valence electrons. The smallest absolute Gasteiger partial charge is 0.157 e. The quantitative estimate of drug-likeness (QED) is 0.906. The molecule has 1 aromatic carbocycles.